The number of halogens is 1. The van der Waals surface area contributed by atoms with E-state index < -0.39 is 6.04 Å². The maximum absolute atomic E-state index is 13.1. The molecule has 1 aliphatic heterocycles. The van der Waals surface area contributed by atoms with Crippen LogP contribution in [0.1, 0.15) is 13.0 Å². The highest BCUT2D eigenvalue weighted by Gasteiger charge is 2.24. The number of H-pyrrole nitrogens is 1. The van der Waals surface area contributed by atoms with Crippen molar-refractivity contribution in [1.82, 2.24) is 14.8 Å². The first-order valence-corrected chi connectivity index (χ1v) is 10.9. The van der Waals surface area contributed by atoms with Gasteiger partial charge in [-0.2, -0.15) is 5.10 Å². The quantitative estimate of drug-likeness (QED) is 0.566. The molecular formula is C19H20ClN5O2S2. The van der Waals surface area contributed by atoms with Crippen molar-refractivity contribution in [3.63, 3.8) is 0 Å². The molecule has 7 nitrogen and oxygen atoms in total. The van der Waals surface area contributed by atoms with Gasteiger partial charge in [-0.3, -0.25) is 14.5 Å². The molecule has 2 aromatic heterocycles. The number of carbonyl (C=O) groups excluding carboxylic acids is 1. The molecule has 3 heterocycles. The number of nitrogens with zero attached hydrogens (tertiary/aromatic N) is 3. The predicted molar refractivity (Wildman–Crippen MR) is 119 cm³/mol. The molecule has 1 unspecified atom stereocenters. The lowest BCUT2D eigenvalue weighted by Gasteiger charge is -2.31. The van der Waals surface area contributed by atoms with Crippen molar-refractivity contribution in [3.8, 4) is 10.7 Å². The Morgan fingerprint density at radius 3 is 2.86 bits per heavy atom. The number of aromatic amines is 1. The summed E-state index contributed by atoms with van der Waals surface area (Å²) < 4.78 is 7.56. The van der Waals surface area contributed by atoms with Crippen molar-refractivity contribution in [2.75, 3.05) is 36.5 Å². The van der Waals surface area contributed by atoms with E-state index in [1.54, 1.807) is 22.8 Å². The molecule has 1 saturated heterocycles. The summed E-state index contributed by atoms with van der Waals surface area (Å²) in [6, 6.07) is 8.84. The minimum atomic E-state index is -0.560. The fraction of sp³-hybridized carbons (Fsp3) is 0.316. The van der Waals surface area contributed by atoms with E-state index in [2.05, 4.69) is 20.4 Å². The Kier molecular flexibility index (Phi) is 6.00. The van der Waals surface area contributed by atoms with Crippen LogP contribution in [0.3, 0.4) is 0 Å². The molecule has 3 aromatic rings. The average Bonchev–Trinajstić information content (AvgIpc) is 3.38. The average molecular weight is 450 g/mol. The van der Waals surface area contributed by atoms with Gasteiger partial charge < -0.3 is 15.0 Å². The van der Waals surface area contributed by atoms with Crippen LogP contribution in [0.2, 0.25) is 5.02 Å². The molecule has 1 aromatic carbocycles. The lowest BCUT2D eigenvalue weighted by Crippen LogP contribution is -2.37. The number of anilines is 2. The van der Waals surface area contributed by atoms with Gasteiger partial charge in [0.05, 0.1) is 34.5 Å². The van der Waals surface area contributed by atoms with Crippen LogP contribution in [0, 0.1) is 4.77 Å². The number of para-hydroxylation sites is 1. The second-order valence-electron chi connectivity index (χ2n) is 6.60. The molecule has 0 spiro atoms. The molecule has 1 atom stereocenters. The smallest absolute Gasteiger partial charge is 0.247 e. The Morgan fingerprint density at radius 1 is 1.34 bits per heavy atom. The fourth-order valence-corrected chi connectivity index (χ4v) is 4.62. The molecular weight excluding hydrogens is 430 g/mol. The van der Waals surface area contributed by atoms with Crippen LogP contribution in [-0.4, -0.2) is 47.0 Å². The molecule has 0 radical (unpaired) electrons. The molecule has 0 bridgehead atoms. The van der Waals surface area contributed by atoms with Crippen LogP contribution in [-0.2, 0) is 9.53 Å². The summed E-state index contributed by atoms with van der Waals surface area (Å²) in [4.78, 5) is 16.2. The third-order valence-electron chi connectivity index (χ3n) is 4.78. The van der Waals surface area contributed by atoms with Crippen LogP contribution in [0.25, 0.3) is 10.7 Å². The topological polar surface area (TPSA) is 75.2 Å². The first kappa shape index (κ1) is 20.1. The molecule has 10 heteroatoms. The van der Waals surface area contributed by atoms with Crippen molar-refractivity contribution in [2.24, 2.45) is 0 Å². The lowest BCUT2D eigenvalue weighted by molar-refractivity contribution is -0.118. The molecule has 1 amide bonds. The zero-order chi connectivity index (χ0) is 20.4. The molecule has 0 aliphatic carbocycles. The van der Waals surface area contributed by atoms with Crippen molar-refractivity contribution in [3.05, 3.63) is 45.5 Å². The molecule has 2 N–H and O–H groups in total. The van der Waals surface area contributed by atoms with E-state index in [4.69, 9.17) is 28.6 Å². The minimum Gasteiger partial charge on any atom is -0.378 e. The Labute approximate surface area is 182 Å². The molecule has 4 rings (SSSR count). The maximum Gasteiger partial charge on any atom is 0.247 e. The van der Waals surface area contributed by atoms with Crippen LogP contribution in [0.15, 0.2) is 35.7 Å². The SMILES string of the molecule is CC(C(=O)Nc1cccc(Cl)c1N1CCOCC1)n1c(-c2cccs2)n[nH]c1=S. The van der Waals surface area contributed by atoms with Gasteiger partial charge >= 0.3 is 0 Å². The number of benzene rings is 1. The van der Waals surface area contributed by atoms with Gasteiger partial charge in [-0.25, -0.2) is 0 Å². The number of ether oxygens (including phenoxy) is 1. The highest BCUT2D eigenvalue weighted by Crippen LogP contribution is 2.35. The van der Waals surface area contributed by atoms with Crippen LogP contribution >= 0.6 is 35.2 Å². The zero-order valence-corrected chi connectivity index (χ0v) is 18.1. The van der Waals surface area contributed by atoms with E-state index in [0.717, 1.165) is 23.7 Å². The number of carbonyl (C=O) groups is 1. The number of aromatic nitrogens is 3. The Morgan fingerprint density at radius 2 is 2.14 bits per heavy atom. The maximum atomic E-state index is 13.1. The van der Waals surface area contributed by atoms with Crippen LogP contribution in [0.4, 0.5) is 11.4 Å². The van der Waals surface area contributed by atoms with E-state index in [1.807, 2.05) is 35.7 Å². The van der Waals surface area contributed by atoms with Gasteiger partial charge in [-0.1, -0.05) is 23.7 Å². The van der Waals surface area contributed by atoms with Gasteiger partial charge in [0.1, 0.15) is 6.04 Å². The number of hydrogen-bond acceptors (Lipinski definition) is 6. The lowest BCUT2D eigenvalue weighted by atomic mass is 10.2. The predicted octanol–water partition coefficient (Wildman–Crippen LogP) is 4.36. The van der Waals surface area contributed by atoms with E-state index >= 15 is 0 Å². The summed E-state index contributed by atoms with van der Waals surface area (Å²) in [7, 11) is 0. The summed E-state index contributed by atoms with van der Waals surface area (Å²) in [5.74, 6) is 0.448. The van der Waals surface area contributed by atoms with E-state index in [0.29, 0.717) is 34.5 Å². The Balaban J connectivity index is 1.62. The van der Waals surface area contributed by atoms with Gasteiger partial charge in [-0.05, 0) is 42.7 Å². The summed E-state index contributed by atoms with van der Waals surface area (Å²) in [5, 5.41) is 12.7. The number of rotatable bonds is 5. The largest absolute Gasteiger partial charge is 0.378 e. The molecule has 1 aliphatic rings. The third-order valence-corrected chi connectivity index (χ3v) is 6.24. The van der Waals surface area contributed by atoms with Gasteiger partial charge in [0, 0.05) is 13.1 Å². The summed E-state index contributed by atoms with van der Waals surface area (Å²) >= 11 is 13.4. The second-order valence-corrected chi connectivity index (χ2v) is 8.34. The van der Waals surface area contributed by atoms with E-state index in [1.165, 1.54) is 0 Å². The monoisotopic (exact) mass is 449 g/mol. The first-order chi connectivity index (χ1) is 14.1. The molecule has 0 saturated carbocycles. The summed E-state index contributed by atoms with van der Waals surface area (Å²) in [5.41, 5.74) is 1.48. The summed E-state index contributed by atoms with van der Waals surface area (Å²) in [6.07, 6.45) is 0. The minimum absolute atomic E-state index is 0.197. The van der Waals surface area contributed by atoms with Crippen LogP contribution in [0.5, 0.6) is 0 Å². The number of thiophene rings is 1. The van der Waals surface area contributed by atoms with Gasteiger partial charge in [0.2, 0.25) is 5.91 Å². The van der Waals surface area contributed by atoms with Crippen molar-refractivity contribution in [1.29, 1.82) is 0 Å². The number of nitrogens with one attached hydrogen (secondary N) is 2. The highest BCUT2D eigenvalue weighted by molar-refractivity contribution is 7.71. The number of hydrogen-bond donors (Lipinski definition) is 2. The van der Waals surface area contributed by atoms with E-state index in [9.17, 15) is 4.79 Å². The molecule has 1 fully saturated rings. The van der Waals surface area contributed by atoms with Crippen molar-refractivity contribution in [2.45, 2.75) is 13.0 Å². The molecule has 29 heavy (non-hydrogen) atoms. The standard InChI is InChI=1S/C19H20ClN5O2S2/c1-12(25-17(22-23-19(25)28)15-6-3-11-29-15)18(26)21-14-5-2-4-13(20)16(14)24-7-9-27-10-8-24/h2-6,11-12H,7-10H2,1H3,(H,21,26)(H,23,28). The highest BCUT2D eigenvalue weighted by atomic mass is 35.5. The van der Waals surface area contributed by atoms with Crippen molar-refractivity contribution < 1.29 is 9.53 Å². The fourth-order valence-electron chi connectivity index (χ4n) is 3.32. The molecule has 152 valence electrons. The summed E-state index contributed by atoms with van der Waals surface area (Å²) in [6.45, 7) is 4.50. The normalized spacial score (nSPS) is 15.3. The van der Waals surface area contributed by atoms with E-state index in [-0.39, 0.29) is 5.91 Å². The zero-order valence-electron chi connectivity index (χ0n) is 15.7. The Bertz CT molecular complexity index is 1060. The van der Waals surface area contributed by atoms with Gasteiger partial charge in [0.25, 0.3) is 0 Å². The number of amides is 1. The second kappa shape index (κ2) is 8.66. The first-order valence-electron chi connectivity index (χ1n) is 9.19. The van der Waals surface area contributed by atoms with Gasteiger partial charge in [0.15, 0.2) is 10.6 Å². The van der Waals surface area contributed by atoms with Gasteiger partial charge in [-0.15, -0.1) is 11.3 Å². The number of morpholine rings is 1. The third kappa shape index (κ3) is 4.09. The Hall–Kier alpha value is -2.20. The van der Waals surface area contributed by atoms with Crippen molar-refractivity contribution >= 4 is 52.4 Å². The van der Waals surface area contributed by atoms with Crippen LogP contribution < -0.4 is 10.2 Å².